The van der Waals surface area contributed by atoms with Crippen LogP contribution in [0.15, 0.2) is 0 Å². The van der Waals surface area contributed by atoms with E-state index in [1.165, 1.54) is 0 Å². The SMILES string of the molecule is CCNC(=S)SC[C@H]1O[C@@H]2OC(C)(C)O[C@@H]2[C@H]2OC(C)(C)O[C@H]21. The van der Waals surface area contributed by atoms with Gasteiger partial charge in [0.2, 0.25) is 0 Å². The number of rotatable bonds is 3. The van der Waals surface area contributed by atoms with Crippen LogP contribution in [0.1, 0.15) is 34.6 Å². The molecule has 5 atom stereocenters. The minimum Gasteiger partial charge on any atom is -0.371 e. The molecule has 3 rings (SSSR count). The van der Waals surface area contributed by atoms with Gasteiger partial charge in [-0.25, -0.2) is 0 Å². The Morgan fingerprint density at radius 1 is 1.00 bits per heavy atom. The fourth-order valence-corrected chi connectivity index (χ4v) is 4.36. The van der Waals surface area contributed by atoms with Crippen LogP contribution in [-0.4, -0.2) is 58.9 Å². The second-order valence-corrected chi connectivity index (χ2v) is 8.53. The van der Waals surface area contributed by atoms with E-state index >= 15 is 0 Å². The fraction of sp³-hybridized carbons (Fsp3) is 0.933. The third-order valence-corrected chi connectivity index (χ3v) is 5.35. The third kappa shape index (κ3) is 3.84. The van der Waals surface area contributed by atoms with Crippen molar-refractivity contribution in [3.8, 4) is 0 Å². The molecule has 0 aliphatic carbocycles. The van der Waals surface area contributed by atoms with Crippen LogP contribution < -0.4 is 5.32 Å². The molecule has 0 aromatic rings. The second-order valence-electron chi connectivity index (χ2n) is 6.84. The summed E-state index contributed by atoms with van der Waals surface area (Å²) in [7, 11) is 0. The predicted octanol–water partition coefficient (Wildman–Crippen LogP) is 2.01. The Kier molecular flexibility index (Phi) is 4.97. The number of hydrogen-bond acceptors (Lipinski definition) is 7. The molecule has 0 bridgehead atoms. The lowest BCUT2D eigenvalue weighted by Crippen LogP contribution is -2.55. The maximum Gasteiger partial charge on any atom is 0.190 e. The topological polar surface area (TPSA) is 58.2 Å². The first-order chi connectivity index (χ1) is 10.7. The molecule has 3 heterocycles. The van der Waals surface area contributed by atoms with Gasteiger partial charge < -0.3 is 29.0 Å². The molecule has 132 valence electrons. The summed E-state index contributed by atoms with van der Waals surface area (Å²) in [5.41, 5.74) is 0. The molecule has 0 spiro atoms. The summed E-state index contributed by atoms with van der Waals surface area (Å²) in [4.78, 5) is 0. The van der Waals surface area contributed by atoms with Crippen molar-refractivity contribution in [1.29, 1.82) is 0 Å². The molecule has 0 unspecified atom stereocenters. The van der Waals surface area contributed by atoms with Crippen LogP contribution in [0.25, 0.3) is 0 Å². The van der Waals surface area contributed by atoms with Gasteiger partial charge in [-0.2, -0.15) is 0 Å². The highest BCUT2D eigenvalue weighted by Gasteiger charge is 2.60. The van der Waals surface area contributed by atoms with Gasteiger partial charge >= 0.3 is 0 Å². The van der Waals surface area contributed by atoms with E-state index in [0.717, 1.165) is 10.9 Å². The van der Waals surface area contributed by atoms with Gasteiger partial charge in [0.1, 0.15) is 22.6 Å². The Hall–Kier alpha value is 0.0400. The molecular formula is C15H25NO5S2. The Morgan fingerprint density at radius 2 is 1.61 bits per heavy atom. The molecule has 3 aliphatic heterocycles. The average Bonchev–Trinajstić information content (AvgIpc) is 2.90. The van der Waals surface area contributed by atoms with Crippen LogP contribution in [-0.2, 0) is 23.7 Å². The average molecular weight is 364 g/mol. The van der Waals surface area contributed by atoms with E-state index in [4.69, 9.17) is 35.9 Å². The number of thiocarbonyl (C=S) groups is 1. The molecule has 3 aliphatic rings. The van der Waals surface area contributed by atoms with Crippen molar-refractivity contribution in [2.45, 2.75) is 76.9 Å². The van der Waals surface area contributed by atoms with E-state index in [1.54, 1.807) is 11.8 Å². The lowest BCUT2D eigenvalue weighted by atomic mass is 10.00. The van der Waals surface area contributed by atoms with Gasteiger partial charge in [0, 0.05) is 12.3 Å². The van der Waals surface area contributed by atoms with Crippen molar-refractivity contribution in [3.63, 3.8) is 0 Å². The number of nitrogens with one attached hydrogen (secondary N) is 1. The standard InChI is InChI=1S/C15H25NO5S2/c1-6-16-13(22)23-7-8-9-10(19-14(2,3)18-9)11-12(17-8)21-15(4,5)20-11/h8-12H,6-7H2,1-5H3,(H,16,22)/t8-,9+,10+,11-,12-/m1/s1. The van der Waals surface area contributed by atoms with Gasteiger partial charge in [-0.15, -0.1) is 0 Å². The van der Waals surface area contributed by atoms with Crippen LogP contribution >= 0.6 is 24.0 Å². The summed E-state index contributed by atoms with van der Waals surface area (Å²) in [6.45, 7) is 10.4. The molecule has 8 heteroatoms. The third-order valence-electron chi connectivity index (χ3n) is 3.95. The molecule has 3 fully saturated rings. The van der Waals surface area contributed by atoms with Gasteiger partial charge in [0.15, 0.2) is 17.9 Å². The van der Waals surface area contributed by atoms with Crippen LogP contribution in [0.2, 0.25) is 0 Å². The first-order valence-electron chi connectivity index (χ1n) is 7.98. The fourth-order valence-electron chi connectivity index (χ4n) is 3.18. The van der Waals surface area contributed by atoms with Crippen molar-refractivity contribution in [2.24, 2.45) is 0 Å². The molecule has 0 amide bonds. The molecule has 6 nitrogen and oxygen atoms in total. The molecule has 0 aromatic carbocycles. The summed E-state index contributed by atoms with van der Waals surface area (Å²) < 4.78 is 30.9. The lowest BCUT2D eigenvalue weighted by molar-refractivity contribution is -0.228. The Balaban J connectivity index is 1.72. The zero-order valence-corrected chi connectivity index (χ0v) is 15.8. The molecular weight excluding hydrogens is 338 g/mol. The van der Waals surface area contributed by atoms with Gasteiger partial charge in [-0.05, 0) is 34.6 Å². The first-order valence-corrected chi connectivity index (χ1v) is 9.37. The smallest absolute Gasteiger partial charge is 0.190 e. The quantitative estimate of drug-likeness (QED) is 0.764. The predicted molar refractivity (Wildman–Crippen MR) is 91.3 cm³/mol. The van der Waals surface area contributed by atoms with Crippen molar-refractivity contribution < 1.29 is 23.7 Å². The van der Waals surface area contributed by atoms with E-state index in [-0.39, 0.29) is 24.4 Å². The molecule has 0 aromatic heterocycles. The first kappa shape index (κ1) is 17.8. The van der Waals surface area contributed by atoms with Gasteiger partial charge in [-0.1, -0.05) is 24.0 Å². The number of ether oxygens (including phenoxy) is 5. The summed E-state index contributed by atoms with van der Waals surface area (Å²) in [6.07, 6.45) is -1.28. The maximum atomic E-state index is 6.12. The van der Waals surface area contributed by atoms with Crippen LogP contribution in [0, 0.1) is 0 Å². The summed E-state index contributed by atoms with van der Waals surface area (Å²) in [5, 5.41) is 3.13. The lowest BCUT2D eigenvalue weighted by Gasteiger charge is -2.37. The highest BCUT2D eigenvalue weighted by atomic mass is 32.2. The van der Waals surface area contributed by atoms with Crippen molar-refractivity contribution >= 4 is 28.3 Å². The van der Waals surface area contributed by atoms with Crippen molar-refractivity contribution in [2.75, 3.05) is 12.3 Å². The minimum atomic E-state index is -0.683. The van der Waals surface area contributed by atoms with E-state index in [0.29, 0.717) is 5.75 Å². The second kappa shape index (κ2) is 6.40. The minimum absolute atomic E-state index is 0.165. The van der Waals surface area contributed by atoms with Crippen LogP contribution in [0.4, 0.5) is 0 Å². The normalized spacial score (nSPS) is 40.5. The molecule has 23 heavy (non-hydrogen) atoms. The Morgan fingerprint density at radius 3 is 2.30 bits per heavy atom. The molecule has 1 N–H and O–H groups in total. The van der Waals surface area contributed by atoms with Gasteiger partial charge in [0.05, 0.1) is 6.10 Å². The number of hydrogen-bond donors (Lipinski definition) is 1. The number of fused-ring (bicyclic) bond motifs is 3. The van der Waals surface area contributed by atoms with Gasteiger partial charge in [-0.3, -0.25) is 0 Å². The van der Waals surface area contributed by atoms with Crippen molar-refractivity contribution in [1.82, 2.24) is 5.32 Å². The summed E-state index contributed by atoms with van der Waals surface area (Å²) in [6, 6.07) is 0. The highest BCUT2D eigenvalue weighted by Crippen LogP contribution is 2.44. The zero-order chi connectivity index (χ0) is 16.8. The Labute approximate surface area is 146 Å². The maximum absolute atomic E-state index is 6.12. The molecule has 3 saturated heterocycles. The summed E-state index contributed by atoms with van der Waals surface area (Å²) >= 11 is 6.84. The molecule has 0 saturated carbocycles. The Bertz CT molecular complexity index is 473. The monoisotopic (exact) mass is 363 g/mol. The zero-order valence-electron chi connectivity index (χ0n) is 14.2. The number of thioether (sulfide) groups is 1. The van der Waals surface area contributed by atoms with E-state index in [2.05, 4.69) is 5.32 Å². The van der Waals surface area contributed by atoms with Gasteiger partial charge in [0.25, 0.3) is 0 Å². The molecule has 0 radical (unpaired) electrons. The van der Waals surface area contributed by atoms with Crippen molar-refractivity contribution in [3.05, 3.63) is 0 Å². The highest BCUT2D eigenvalue weighted by molar-refractivity contribution is 8.23. The van der Waals surface area contributed by atoms with Crippen LogP contribution in [0.3, 0.4) is 0 Å². The van der Waals surface area contributed by atoms with E-state index in [1.807, 2.05) is 34.6 Å². The van der Waals surface area contributed by atoms with E-state index in [9.17, 15) is 0 Å². The summed E-state index contributed by atoms with van der Waals surface area (Å²) in [5.74, 6) is -0.661. The van der Waals surface area contributed by atoms with Crippen LogP contribution in [0.5, 0.6) is 0 Å². The van der Waals surface area contributed by atoms with E-state index < -0.39 is 17.9 Å². The largest absolute Gasteiger partial charge is 0.371 e.